The van der Waals surface area contributed by atoms with Gasteiger partial charge < -0.3 is 10.1 Å². The summed E-state index contributed by atoms with van der Waals surface area (Å²) in [7, 11) is 1.99. The Balaban J connectivity index is 1.62. The maximum Gasteiger partial charge on any atom is 0.119 e. The second-order valence-corrected chi connectivity index (χ2v) is 6.01. The van der Waals surface area contributed by atoms with Crippen molar-refractivity contribution in [2.45, 2.75) is 26.0 Å². The summed E-state index contributed by atoms with van der Waals surface area (Å²) in [6.07, 6.45) is 1.03. The zero-order valence-electron chi connectivity index (χ0n) is 13.8. The maximum absolute atomic E-state index is 5.91. The van der Waals surface area contributed by atoms with Crippen LogP contribution < -0.4 is 10.1 Å². The fraction of sp³-hybridized carbons (Fsp3) is 0.238. The lowest BCUT2D eigenvalue weighted by atomic mass is 10.1. The van der Waals surface area contributed by atoms with E-state index in [1.54, 1.807) is 0 Å². The van der Waals surface area contributed by atoms with Crippen LogP contribution in [-0.4, -0.2) is 13.1 Å². The van der Waals surface area contributed by atoms with E-state index in [1.165, 1.54) is 21.9 Å². The first-order valence-electron chi connectivity index (χ1n) is 8.11. The Morgan fingerprint density at radius 2 is 1.57 bits per heavy atom. The zero-order valence-corrected chi connectivity index (χ0v) is 13.8. The van der Waals surface area contributed by atoms with Gasteiger partial charge in [-0.15, -0.1) is 0 Å². The normalized spacial score (nSPS) is 12.3. The van der Waals surface area contributed by atoms with E-state index in [-0.39, 0.29) is 0 Å². The number of likely N-dealkylation sites (N-methyl/N-ethyl adjacent to an activating group) is 1. The van der Waals surface area contributed by atoms with Gasteiger partial charge in [0.1, 0.15) is 12.4 Å². The SMILES string of the molecule is CN[C@H](C)Cc1ccc(OCc2ccc3ccccc3c2)cc1. The van der Waals surface area contributed by atoms with Crippen LogP contribution in [-0.2, 0) is 13.0 Å². The van der Waals surface area contributed by atoms with E-state index in [0.29, 0.717) is 12.6 Å². The molecule has 23 heavy (non-hydrogen) atoms. The molecule has 0 aliphatic rings. The highest BCUT2D eigenvalue weighted by Crippen LogP contribution is 2.18. The van der Waals surface area contributed by atoms with Crippen molar-refractivity contribution in [3.05, 3.63) is 77.9 Å². The van der Waals surface area contributed by atoms with E-state index in [2.05, 4.69) is 79.0 Å². The van der Waals surface area contributed by atoms with Gasteiger partial charge in [-0.1, -0.05) is 48.5 Å². The Hall–Kier alpha value is -2.32. The van der Waals surface area contributed by atoms with Gasteiger partial charge in [0, 0.05) is 6.04 Å². The molecule has 0 aromatic heterocycles. The van der Waals surface area contributed by atoms with Crippen LogP contribution in [0.3, 0.4) is 0 Å². The lowest BCUT2D eigenvalue weighted by molar-refractivity contribution is 0.306. The van der Waals surface area contributed by atoms with Crippen molar-refractivity contribution < 1.29 is 4.74 Å². The number of fused-ring (bicyclic) bond motifs is 1. The molecule has 0 aliphatic heterocycles. The van der Waals surface area contributed by atoms with Gasteiger partial charge in [0.05, 0.1) is 0 Å². The van der Waals surface area contributed by atoms with Crippen molar-refractivity contribution in [2.24, 2.45) is 0 Å². The molecule has 0 saturated carbocycles. The van der Waals surface area contributed by atoms with Crippen molar-refractivity contribution in [3.63, 3.8) is 0 Å². The van der Waals surface area contributed by atoms with Gasteiger partial charge in [-0.05, 0) is 60.5 Å². The summed E-state index contributed by atoms with van der Waals surface area (Å²) in [6.45, 7) is 2.78. The Labute approximate surface area is 138 Å². The second-order valence-electron chi connectivity index (χ2n) is 6.01. The van der Waals surface area contributed by atoms with Gasteiger partial charge in [0.15, 0.2) is 0 Å². The number of rotatable bonds is 6. The molecule has 3 aromatic carbocycles. The Kier molecular flexibility index (Phi) is 4.94. The minimum absolute atomic E-state index is 0.486. The predicted molar refractivity (Wildman–Crippen MR) is 96.9 cm³/mol. The van der Waals surface area contributed by atoms with Crippen LogP contribution in [0.15, 0.2) is 66.7 Å². The molecule has 2 heteroatoms. The summed E-state index contributed by atoms with van der Waals surface area (Å²) in [4.78, 5) is 0. The Morgan fingerprint density at radius 3 is 2.30 bits per heavy atom. The number of ether oxygens (including phenoxy) is 1. The van der Waals surface area contributed by atoms with Crippen molar-refractivity contribution in [1.82, 2.24) is 5.32 Å². The first kappa shape index (κ1) is 15.6. The highest BCUT2D eigenvalue weighted by molar-refractivity contribution is 5.82. The number of hydrogen-bond donors (Lipinski definition) is 1. The standard InChI is InChI=1S/C21H23NO/c1-16(22-2)13-17-8-11-21(12-9-17)23-15-18-7-10-19-5-3-4-6-20(19)14-18/h3-12,14,16,22H,13,15H2,1-2H3/t16-/m1/s1. The molecule has 0 spiro atoms. The van der Waals surface area contributed by atoms with Crippen LogP contribution in [0, 0.1) is 0 Å². The van der Waals surface area contributed by atoms with Gasteiger partial charge in [-0.2, -0.15) is 0 Å². The topological polar surface area (TPSA) is 21.3 Å². The molecule has 0 bridgehead atoms. The summed E-state index contributed by atoms with van der Waals surface area (Å²) < 4.78 is 5.91. The van der Waals surface area contributed by atoms with E-state index >= 15 is 0 Å². The molecule has 3 aromatic rings. The molecule has 0 radical (unpaired) electrons. The molecule has 1 atom stereocenters. The molecule has 0 fully saturated rings. The summed E-state index contributed by atoms with van der Waals surface area (Å²) in [6, 6.07) is 23.7. The van der Waals surface area contributed by atoms with E-state index in [1.807, 2.05) is 7.05 Å². The third kappa shape index (κ3) is 4.11. The quantitative estimate of drug-likeness (QED) is 0.720. The molecular formula is C21H23NO. The van der Waals surface area contributed by atoms with Gasteiger partial charge in [0.2, 0.25) is 0 Å². The lowest BCUT2D eigenvalue weighted by Crippen LogP contribution is -2.23. The number of nitrogens with one attached hydrogen (secondary N) is 1. The molecular weight excluding hydrogens is 282 g/mol. The van der Waals surface area contributed by atoms with Crippen LogP contribution in [0.5, 0.6) is 5.75 Å². The molecule has 0 aliphatic carbocycles. The molecule has 0 heterocycles. The highest BCUT2D eigenvalue weighted by Gasteiger charge is 2.02. The molecule has 0 unspecified atom stereocenters. The van der Waals surface area contributed by atoms with Gasteiger partial charge in [-0.3, -0.25) is 0 Å². The van der Waals surface area contributed by atoms with Crippen molar-refractivity contribution in [3.8, 4) is 5.75 Å². The van der Waals surface area contributed by atoms with Gasteiger partial charge in [0.25, 0.3) is 0 Å². The molecule has 0 amide bonds. The van der Waals surface area contributed by atoms with Crippen molar-refractivity contribution in [2.75, 3.05) is 7.05 Å². The Morgan fingerprint density at radius 1 is 0.870 bits per heavy atom. The van der Waals surface area contributed by atoms with Crippen molar-refractivity contribution in [1.29, 1.82) is 0 Å². The largest absolute Gasteiger partial charge is 0.489 e. The fourth-order valence-electron chi connectivity index (χ4n) is 2.67. The van der Waals surface area contributed by atoms with Gasteiger partial charge >= 0.3 is 0 Å². The minimum Gasteiger partial charge on any atom is -0.489 e. The third-order valence-corrected chi connectivity index (χ3v) is 4.18. The highest BCUT2D eigenvalue weighted by atomic mass is 16.5. The van der Waals surface area contributed by atoms with Crippen LogP contribution in [0.4, 0.5) is 0 Å². The summed E-state index contributed by atoms with van der Waals surface area (Å²) in [5.74, 6) is 0.916. The molecule has 0 saturated heterocycles. The van der Waals surface area contributed by atoms with Gasteiger partial charge in [-0.25, -0.2) is 0 Å². The van der Waals surface area contributed by atoms with E-state index in [4.69, 9.17) is 4.74 Å². The zero-order chi connectivity index (χ0) is 16.1. The average molecular weight is 305 g/mol. The first-order chi connectivity index (χ1) is 11.2. The summed E-state index contributed by atoms with van der Waals surface area (Å²) >= 11 is 0. The molecule has 1 N–H and O–H groups in total. The van der Waals surface area contributed by atoms with Crippen LogP contribution >= 0.6 is 0 Å². The number of hydrogen-bond acceptors (Lipinski definition) is 2. The molecule has 3 rings (SSSR count). The fourth-order valence-corrected chi connectivity index (χ4v) is 2.67. The number of benzene rings is 3. The second kappa shape index (κ2) is 7.30. The smallest absolute Gasteiger partial charge is 0.119 e. The Bertz CT molecular complexity index is 764. The van der Waals surface area contributed by atoms with Crippen molar-refractivity contribution >= 4 is 10.8 Å². The minimum atomic E-state index is 0.486. The maximum atomic E-state index is 5.91. The monoisotopic (exact) mass is 305 g/mol. The summed E-state index contributed by atoms with van der Waals surface area (Å²) in [5, 5.41) is 5.78. The molecule has 2 nitrogen and oxygen atoms in total. The van der Waals surface area contributed by atoms with Crippen LogP contribution in [0.1, 0.15) is 18.1 Å². The van der Waals surface area contributed by atoms with E-state index < -0.39 is 0 Å². The van der Waals surface area contributed by atoms with E-state index in [0.717, 1.165) is 12.2 Å². The van der Waals surface area contributed by atoms with Crippen LogP contribution in [0.2, 0.25) is 0 Å². The summed E-state index contributed by atoms with van der Waals surface area (Å²) in [5.41, 5.74) is 2.52. The van der Waals surface area contributed by atoms with E-state index in [9.17, 15) is 0 Å². The lowest BCUT2D eigenvalue weighted by Gasteiger charge is -2.11. The first-order valence-corrected chi connectivity index (χ1v) is 8.11. The predicted octanol–water partition coefficient (Wildman–Crippen LogP) is 4.57. The molecule has 118 valence electrons. The van der Waals surface area contributed by atoms with Crippen LogP contribution in [0.25, 0.3) is 10.8 Å². The third-order valence-electron chi connectivity index (χ3n) is 4.18. The average Bonchev–Trinajstić information content (AvgIpc) is 2.61.